The van der Waals surface area contributed by atoms with Gasteiger partial charge in [0, 0.05) is 23.6 Å². The number of esters is 1. The van der Waals surface area contributed by atoms with Gasteiger partial charge in [-0.15, -0.1) is 0 Å². The molecule has 0 radical (unpaired) electrons. The van der Waals surface area contributed by atoms with Crippen molar-refractivity contribution in [1.82, 2.24) is 4.90 Å². The van der Waals surface area contributed by atoms with Crippen molar-refractivity contribution in [3.05, 3.63) is 95.1 Å². The number of carbonyl (C=O) groups excluding carboxylic acids is 4. The number of nitrogens with zero attached hydrogens (tertiary/aromatic N) is 1. The molecule has 8 heteroatoms. The molecule has 8 nitrogen and oxygen atoms in total. The molecule has 1 N–H and O–H groups in total. The van der Waals surface area contributed by atoms with Crippen LogP contribution in [-0.2, 0) is 23.9 Å². The van der Waals surface area contributed by atoms with Crippen molar-refractivity contribution >= 4 is 29.4 Å². The summed E-state index contributed by atoms with van der Waals surface area (Å²) in [6.07, 6.45) is 0. The Labute approximate surface area is 232 Å². The zero-order chi connectivity index (χ0) is 28.1. The normalized spacial score (nSPS) is 22.9. The molecule has 1 aliphatic heterocycles. The van der Waals surface area contributed by atoms with Gasteiger partial charge in [-0.2, -0.15) is 0 Å². The predicted octanol–water partition coefficient (Wildman–Crippen LogP) is 4.09. The average Bonchev–Trinajstić information content (AvgIpc) is 3.22. The van der Waals surface area contributed by atoms with Gasteiger partial charge in [-0.1, -0.05) is 68.4 Å². The Bertz CT molecular complexity index is 1420. The van der Waals surface area contributed by atoms with E-state index >= 15 is 0 Å². The lowest BCUT2D eigenvalue weighted by Gasteiger charge is -2.45. The van der Waals surface area contributed by atoms with Crippen LogP contribution in [0.25, 0.3) is 0 Å². The molecule has 3 amide bonds. The highest BCUT2D eigenvalue weighted by Gasteiger charge is 2.63. The molecule has 1 heterocycles. The molecule has 3 atom stereocenters. The van der Waals surface area contributed by atoms with Gasteiger partial charge < -0.3 is 14.8 Å². The smallest absolute Gasteiger partial charge is 0.330 e. The van der Waals surface area contributed by atoms with Crippen molar-refractivity contribution in [2.45, 2.75) is 31.7 Å². The molecule has 1 fully saturated rings. The van der Waals surface area contributed by atoms with Gasteiger partial charge in [0.15, 0.2) is 6.61 Å². The Kier molecular flexibility index (Phi) is 6.41. The van der Waals surface area contributed by atoms with Gasteiger partial charge in [-0.25, -0.2) is 4.79 Å². The lowest BCUT2D eigenvalue weighted by atomic mass is 9.55. The van der Waals surface area contributed by atoms with Crippen LogP contribution in [0.4, 0.5) is 5.69 Å². The van der Waals surface area contributed by atoms with Crippen LogP contribution < -0.4 is 10.1 Å². The topological polar surface area (TPSA) is 102 Å². The van der Waals surface area contributed by atoms with Crippen LogP contribution in [-0.4, -0.2) is 48.3 Å². The quantitative estimate of drug-likeness (QED) is 0.359. The number of nitrogens with one attached hydrogen (secondary N) is 1. The lowest BCUT2D eigenvalue weighted by Crippen LogP contribution is -2.49. The highest BCUT2D eigenvalue weighted by molar-refractivity contribution is 6.10. The molecular weight excluding hydrogens is 508 g/mol. The van der Waals surface area contributed by atoms with Gasteiger partial charge in [0.05, 0.1) is 18.9 Å². The van der Waals surface area contributed by atoms with E-state index in [2.05, 4.69) is 5.32 Å². The third-order valence-electron chi connectivity index (χ3n) is 8.33. The molecule has 7 rings (SSSR count). The number of anilines is 1. The number of likely N-dealkylation sites (tertiary alicyclic amines) is 1. The highest BCUT2D eigenvalue weighted by Crippen LogP contribution is 2.61. The van der Waals surface area contributed by atoms with E-state index in [-0.39, 0.29) is 23.7 Å². The molecule has 204 valence electrons. The molecule has 0 saturated carbocycles. The Morgan fingerprint density at radius 1 is 0.825 bits per heavy atom. The second-order valence-electron chi connectivity index (χ2n) is 10.9. The van der Waals surface area contributed by atoms with Crippen molar-refractivity contribution in [2.24, 2.45) is 17.8 Å². The van der Waals surface area contributed by atoms with Gasteiger partial charge in [0.2, 0.25) is 11.8 Å². The maximum Gasteiger partial charge on any atom is 0.330 e. The molecule has 3 aromatic rings. The van der Waals surface area contributed by atoms with E-state index in [9.17, 15) is 19.2 Å². The Morgan fingerprint density at radius 2 is 1.35 bits per heavy atom. The molecule has 40 heavy (non-hydrogen) atoms. The minimum Gasteiger partial charge on any atom is -0.497 e. The first kappa shape index (κ1) is 25.8. The summed E-state index contributed by atoms with van der Waals surface area (Å²) in [4.78, 5) is 55.1. The van der Waals surface area contributed by atoms with Gasteiger partial charge in [0.25, 0.3) is 5.91 Å². The van der Waals surface area contributed by atoms with Crippen LogP contribution in [0.1, 0.15) is 47.9 Å². The van der Waals surface area contributed by atoms with Crippen LogP contribution in [0.15, 0.2) is 72.8 Å². The molecule has 0 unspecified atom stereocenters. The number of benzene rings is 3. The van der Waals surface area contributed by atoms with Crippen molar-refractivity contribution in [3.63, 3.8) is 0 Å². The highest BCUT2D eigenvalue weighted by atomic mass is 16.5. The van der Waals surface area contributed by atoms with E-state index < -0.39 is 42.3 Å². The van der Waals surface area contributed by atoms with Gasteiger partial charge in [-0.3, -0.25) is 19.3 Å². The number of hydrogen-bond acceptors (Lipinski definition) is 6. The molecule has 4 aliphatic rings. The first-order valence-corrected chi connectivity index (χ1v) is 13.5. The maximum absolute atomic E-state index is 14.1. The van der Waals surface area contributed by atoms with Gasteiger partial charge in [-0.05, 0) is 40.3 Å². The number of carbonyl (C=O) groups is 4. The lowest BCUT2D eigenvalue weighted by molar-refractivity contribution is -0.162. The Morgan fingerprint density at radius 3 is 1.82 bits per heavy atom. The molecule has 0 aromatic heterocycles. The van der Waals surface area contributed by atoms with E-state index in [1.807, 2.05) is 48.5 Å². The molecule has 0 spiro atoms. The van der Waals surface area contributed by atoms with E-state index in [0.717, 1.165) is 27.2 Å². The van der Waals surface area contributed by atoms with E-state index in [4.69, 9.17) is 9.47 Å². The van der Waals surface area contributed by atoms with E-state index in [0.29, 0.717) is 11.4 Å². The van der Waals surface area contributed by atoms with Crippen molar-refractivity contribution in [1.29, 1.82) is 0 Å². The summed E-state index contributed by atoms with van der Waals surface area (Å²) in [5.41, 5.74) is 4.74. The third-order valence-corrected chi connectivity index (χ3v) is 8.33. The second kappa shape index (κ2) is 9.93. The van der Waals surface area contributed by atoms with Crippen molar-refractivity contribution in [3.8, 4) is 5.75 Å². The van der Waals surface area contributed by atoms with E-state index in [1.54, 1.807) is 38.1 Å². The molecule has 1 saturated heterocycles. The molecule has 2 bridgehead atoms. The number of ether oxygens (including phenoxy) is 2. The summed E-state index contributed by atoms with van der Waals surface area (Å²) in [6, 6.07) is 21.6. The fourth-order valence-corrected chi connectivity index (χ4v) is 6.77. The fourth-order valence-electron chi connectivity index (χ4n) is 6.77. The molecular formula is C32H30N2O6. The van der Waals surface area contributed by atoms with Crippen LogP contribution >= 0.6 is 0 Å². The van der Waals surface area contributed by atoms with Gasteiger partial charge >= 0.3 is 5.97 Å². The summed E-state index contributed by atoms with van der Waals surface area (Å²) in [5, 5.41) is 2.66. The number of amides is 3. The van der Waals surface area contributed by atoms with Crippen LogP contribution in [0.5, 0.6) is 5.75 Å². The minimum absolute atomic E-state index is 0.263. The second-order valence-corrected chi connectivity index (χ2v) is 10.9. The molecule has 3 aromatic carbocycles. The first-order valence-electron chi connectivity index (χ1n) is 13.5. The predicted molar refractivity (Wildman–Crippen MR) is 147 cm³/mol. The summed E-state index contributed by atoms with van der Waals surface area (Å²) in [5.74, 6) is -3.58. The van der Waals surface area contributed by atoms with Crippen molar-refractivity contribution < 1.29 is 28.7 Å². The van der Waals surface area contributed by atoms with Gasteiger partial charge in [0.1, 0.15) is 11.8 Å². The SMILES string of the molecule is COc1cccc(NC(=O)COC(=O)[C@@H](C(C)C)N2C(=O)[C@@H]3C4c5ccccc5C(c5ccccc54)[C@@H]3C2=O)c1. The summed E-state index contributed by atoms with van der Waals surface area (Å²) < 4.78 is 10.5. The van der Waals surface area contributed by atoms with Crippen LogP contribution in [0, 0.1) is 17.8 Å². The number of hydrogen-bond donors (Lipinski definition) is 1. The fraction of sp³-hybridized carbons (Fsp3) is 0.312. The van der Waals surface area contributed by atoms with E-state index in [1.165, 1.54) is 7.11 Å². The standard InChI is InChI=1S/C32H30N2O6/c1-17(2)29(32(38)40-16-24(35)33-18-9-8-10-19(15-18)39-3)34-30(36)27-25-20-11-4-5-12-21(20)26(28(27)31(34)37)23-14-7-6-13-22(23)25/h4-15,17,25-29H,16H2,1-3H3,(H,33,35)/t25?,26?,27-,28+,29-/m1/s1. The Hall–Kier alpha value is -4.46. The zero-order valence-electron chi connectivity index (χ0n) is 22.5. The monoisotopic (exact) mass is 538 g/mol. The van der Waals surface area contributed by atoms with Crippen LogP contribution in [0.3, 0.4) is 0 Å². The number of methoxy groups -OCH3 is 1. The first-order chi connectivity index (χ1) is 19.3. The zero-order valence-corrected chi connectivity index (χ0v) is 22.5. The minimum atomic E-state index is -1.14. The molecule has 3 aliphatic carbocycles. The summed E-state index contributed by atoms with van der Waals surface area (Å²) in [7, 11) is 1.52. The largest absolute Gasteiger partial charge is 0.497 e. The summed E-state index contributed by atoms with van der Waals surface area (Å²) >= 11 is 0. The number of imide groups is 1. The maximum atomic E-state index is 14.1. The third kappa shape index (κ3) is 3.97. The Balaban J connectivity index is 1.25. The summed E-state index contributed by atoms with van der Waals surface area (Å²) in [6.45, 7) is 2.98. The average molecular weight is 539 g/mol. The van der Waals surface area contributed by atoms with Crippen molar-refractivity contribution in [2.75, 3.05) is 19.0 Å². The van der Waals surface area contributed by atoms with Crippen LogP contribution in [0.2, 0.25) is 0 Å². The number of rotatable bonds is 7.